The van der Waals surface area contributed by atoms with Gasteiger partial charge in [-0.25, -0.2) is 4.98 Å². The first-order valence-electron chi connectivity index (χ1n) is 11.9. The molecule has 10 heteroatoms. The fourth-order valence-electron chi connectivity index (χ4n) is 5.35. The van der Waals surface area contributed by atoms with Crippen LogP contribution in [0, 0.1) is 11.8 Å². The molecule has 5 rings (SSSR count). The largest absolute Gasteiger partial charge is 0.381 e. The van der Waals surface area contributed by atoms with E-state index in [-0.39, 0.29) is 23.5 Å². The molecular weight excluding hydrogens is 438 g/mol. The number of fused-ring (bicyclic) bond motifs is 2. The van der Waals surface area contributed by atoms with Gasteiger partial charge in [0, 0.05) is 37.1 Å². The van der Waals surface area contributed by atoms with Crippen LogP contribution in [0.25, 0.3) is 0 Å². The van der Waals surface area contributed by atoms with Crippen LogP contribution in [0.4, 0.5) is 11.5 Å². The van der Waals surface area contributed by atoms with Gasteiger partial charge in [-0.1, -0.05) is 24.9 Å². The Morgan fingerprint density at radius 2 is 1.97 bits per heavy atom. The molecule has 0 radical (unpaired) electrons. The number of nitrogens with one attached hydrogen (secondary N) is 3. The number of amides is 3. The second-order valence-electron chi connectivity index (χ2n) is 9.60. The Kier molecular flexibility index (Phi) is 6.07. The summed E-state index contributed by atoms with van der Waals surface area (Å²) in [7, 11) is 0. The first kappa shape index (κ1) is 22.5. The second kappa shape index (κ2) is 9.17. The van der Waals surface area contributed by atoms with E-state index in [1.807, 2.05) is 0 Å². The molecule has 2 aromatic rings. The van der Waals surface area contributed by atoms with E-state index in [4.69, 9.17) is 9.26 Å². The Bertz CT molecular complexity index is 1070. The van der Waals surface area contributed by atoms with E-state index >= 15 is 0 Å². The molecule has 1 saturated heterocycles. The van der Waals surface area contributed by atoms with E-state index in [2.05, 4.69) is 33.0 Å². The maximum absolute atomic E-state index is 13.3. The molecule has 2 fully saturated rings. The molecule has 2 aromatic heterocycles. The molecule has 0 aromatic carbocycles. The minimum absolute atomic E-state index is 0.00251. The first-order valence-corrected chi connectivity index (χ1v) is 11.9. The lowest BCUT2D eigenvalue weighted by atomic mass is 9.76. The van der Waals surface area contributed by atoms with E-state index in [1.54, 1.807) is 12.3 Å². The third kappa shape index (κ3) is 4.18. The zero-order valence-electron chi connectivity index (χ0n) is 19.1. The minimum atomic E-state index is -0.739. The van der Waals surface area contributed by atoms with Crippen LogP contribution in [0.15, 0.2) is 29.0 Å². The molecule has 3 amide bonds. The zero-order valence-corrected chi connectivity index (χ0v) is 19.1. The zero-order chi connectivity index (χ0) is 23.7. The highest BCUT2D eigenvalue weighted by Gasteiger charge is 2.48. The van der Waals surface area contributed by atoms with Gasteiger partial charge in [-0.2, -0.15) is 0 Å². The summed E-state index contributed by atoms with van der Waals surface area (Å²) in [6, 6.07) is 2.41. The molecule has 1 spiro atoms. The fraction of sp³-hybridized carbons (Fsp3) is 0.542. The number of rotatable bonds is 5. The van der Waals surface area contributed by atoms with Crippen molar-refractivity contribution in [2.75, 3.05) is 23.8 Å². The molecular formula is C24H29N5O5. The molecule has 1 aliphatic carbocycles. The van der Waals surface area contributed by atoms with Gasteiger partial charge in [0.25, 0.3) is 5.91 Å². The fourth-order valence-corrected chi connectivity index (χ4v) is 5.35. The molecule has 4 heterocycles. The molecule has 3 N–H and O–H groups in total. The second-order valence-corrected chi connectivity index (χ2v) is 9.60. The molecule has 3 aliphatic rings. The molecule has 0 unspecified atom stereocenters. The number of aromatic nitrogens is 2. The summed E-state index contributed by atoms with van der Waals surface area (Å²) in [4.78, 5) is 43.2. The number of ether oxygens (including phenoxy) is 1. The Morgan fingerprint density at radius 3 is 2.68 bits per heavy atom. The average Bonchev–Trinajstić information content (AvgIpc) is 3.46. The summed E-state index contributed by atoms with van der Waals surface area (Å²) in [5.41, 5.74) is 0.886. The van der Waals surface area contributed by atoms with E-state index in [1.165, 1.54) is 12.3 Å². The quantitative estimate of drug-likeness (QED) is 0.615. The molecule has 34 heavy (non-hydrogen) atoms. The van der Waals surface area contributed by atoms with Gasteiger partial charge in [-0.3, -0.25) is 14.4 Å². The predicted molar refractivity (Wildman–Crippen MR) is 122 cm³/mol. The third-order valence-corrected chi connectivity index (χ3v) is 7.46. The Balaban J connectivity index is 1.34. The lowest BCUT2D eigenvalue weighted by Gasteiger charge is -2.32. The summed E-state index contributed by atoms with van der Waals surface area (Å²) in [6.45, 7) is 3.25. The number of pyridine rings is 1. The number of nitrogens with zero attached hydrogens (tertiary/aromatic N) is 2. The van der Waals surface area contributed by atoms with Gasteiger partial charge in [-0.05, 0) is 37.5 Å². The highest BCUT2D eigenvalue weighted by Crippen LogP contribution is 2.44. The molecule has 180 valence electrons. The van der Waals surface area contributed by atoms with Crippen LogP contribution in [0.3, 0.4) is 0 Å². The summed E-state index contributed by atoms with van der Waals surface area (Å²) >= 11 is 0. The molecule has 0 bridgehead atoms. The van der Waals surface area contributed by atoms with Gasteiger partial charge < -0.3 is 25.2 Å². The summed E-state index contributed by atoms with van der Waals surface area (Å²) < 4.78 is 10.4. The van der Waals surface area contributed by atoms with Crippen molar-refractivity contribution in [1.82, 2.24) is 15.5 Å². The van der Waals surface area contributed by atoms with Crippen LogP contribution in [-0.4, -0.2) is 47.1 Å². The van der Waals surface area contributed by atoms with Gasteiger partial charge in [0.1, 0.15) is 11.9 Å². The maximum Gasteiger partial charge on any atom is 0.290 e. The van der Waals surface area contributed by atoms with Crippen molar-refractivity contribution < 1.29 is 23.6 Å². The van der Waals surface area contributed by atoms with Crippen molar-refractivity contribution in [3.63, 3.8) is 0 Å². The molecule has 1 atom stereocenters. The minimum Gasteiger partial charge on any atom is -0.381 e. The number of hydrogen-bond acceptors (Lipinski definition) is 7. The molecule has 2 aliphatic heterocycles. The smallest absolute Gasteiger partial charge is 0.290 e. The number of anilines is 2. The van der Waals surface area contributed by atoms with Crippen molar-refractivity contribution in [3.05, 3.63) is 35.9 Å². The Morgan fingerprint density at radius 1 is 1.21 bits per heavy atom. The highest BCUT2D eigenvalue weighted by molar-refractivity contribution is 6.07. The molecule has 1 saturated carbocycles. The first-order chi connectivity index (χ1) is 16.5. The summed E-state index contributed by atoms with van der Waals surface area (Å²) in [5.74, 6) is 0.118. The lowest BCUT2D eigenvalue weighted by molar-refractivity contribution is -0.124. The maximum atomic E-state index is 13.3. The van der Waals surface area contributed by atoms with Crippen molar-refractivity contribution in [2.45, 2.75) is 56.9 Å². The van der Waals surface area contributed by atoms with Crippen molar-refractivity contribution in [2.24, 2.45) is 11.8 Å². The van der Waals surface area contributed by atoms with E-state index in [0.717, 1.165) is 31.2 Å². The van der Waals surface area contributed by atoms with Gasteiger partial charge in [0.05, 0.1) is 17.3 Å². The van der Waals surface area contributed by atoms with Crippen molar-refractivity contribution in [1.29, 1.82) is 0 Å². The Hall–Kier alpha value is -3.27. The van der Waals surface area contributed by atoms with Crippen molar-refractivity contribution in [3.8, 4) is 0 Å². The number of hydrogen-bond donors (Lipinski definition) is 3. The van der Waals surface area contributed by atoms with Crippen LogP contribution in [-0.2, 0) is 19.7 Å². The van der Waals surface area contributed by atoms with Gasteiger partial charge >= 0.3 is 0 Å². The van der Waals surface area contributed by atoms with Crippen LogP contribution >= 0.6 is 0 Å². The average molecular weight is 468 g/mol. The molecule has 10 nitrogen and oxygen atoms in total. The number of carbonyl (C=O) groups is 3. The summed E-state index contributed by atoms with van der Waals surface area (Å²) in [6.07, 6.45) is 7.95. The topological polar surface area (TPSA) is 135 Å². The normalized spacial score (nSPS) is 24.2. The van der Waals surface area contributed by atoms with E-state index < -0.39 is 17.4 Å². The van der Waals surface area contributed by atoms with Gasteiger partial charge in [-0.15, -0.1) is 0 Å². The number of carbonyl (C=O) groups excluding carboxylic acids is 3. The SMILES string of the molecule is CC1CCC([C@H](NC(=O)c2ccno2)C(=O)Nc2cc3c(cn2)C2(CCOCC2)C(=O)N3)CC1. The van der Waals surface area contributed by atoms with Crippen molar-refractivity contribution >= 4 is 29.2 Å². The Labute approximate surface area is 197 Å². The van der Waals surface area contributed by atoms with Crippen LogP contribution in [0.2, 0.25) is 0 Å². The van der Waals surface area contributed by atoms with Gasteiger partial charge in [0.2, 0.25) is 17.6 Å². The lowest BCUT2D eigenvalue weighted by Crippen LogP contribution is -2.49. The van der Waals surface area contributed by atoms with Crippen LogP contribution in [0.1, 0.15) is 61.6 Å². The highest BCUT2D eigenvalue weighted by atomic mass is 16.5. The standard InChI is InChI=1S/C24H29N5O5/c1-14-2-4-15(5-3-14)20(29-21(30)18-6-9-26-34-18)22(31)28-19-12-17-16(13-25-19)24(23(32)27-17)7-10-33-11-8-24/h6,9,12-15,20H,2-5,7-8,10-11H2,1H3,(H,27,32)(H,29,30)(H,25,28,31)/t14?,15?,20-/m0/s1. The third-order valence-electron chi connectivity index (χ3n) is 7.46. The monoisotopic (exact) mass is 467 g/mol. The van der Waals surface area contributed by atoms with E-state index in [0.29, 0.717) is 43.5 Å². The van der Waals surface area contributed by atoms with Gasteiger partial charge in [0.15, 0.2) is 0 Å². The van der Waals surface area contributed by atoms with Crippen LogP contribution in [0.5, 0.6) is 0 Å². The van der Waals surface area contributed by atoms with E-state index in [9.17, 15) is 14.4 Å². The predicted octanol–water partition coefficient (Wildman–Crippen LogP) is 2.63. The van der Waals surface area contributed by atoms with Crippen LogP contribution < -0.4 is 16.0 Å². The summed E-state index contributed by atoms with van der Waals surface area (Å²) in [5, 5.41) is 12.2.